The van der Waals surface area contributed by atoms with E-state index >= 15 is 0 Å². The zero-order chi connectivity index (χ0) is 27.4. The quantitative estimate of drug-likeness (QED) is 0.223. The molecule has 1 aromatic heterocycles. The number of amides is 2. The van der Waals surface area contributed by atoms with Crippen LogP contribution in [0.4, 0.5) is 35.0 Å². The van der Waals surface area contributed by atoms with Gasteiger partial charge in [0.1, 0.15) is 0 Å². The van der Waals surface area contributed by atoms with Gasteiger partial charge in [0.15, 0.2) is 5.82 Å². The Morgan fingerprint density at radius 2 is 1.77 bits per heavy atom. The Kier molecular flexibility index (Phi) is 7.49. The van der Waals surface area contributed by atoms with Crippen LogP contribution in [0.1, 0.15) is 24.8 Å². The number of aryl methyl sites for hydroxylation is 1. The maximum Gasteiger partial charge on any atom is 0.390 e. The molecule has 0 aliphatic heterocycles. The molecule has 8 nitrogen and oxygen atoms in total. The number of carbonyl (C=O) groups excluding carboxylic acids is 1. The van der Waals surface area contributed by atoms with Crippen molar-refractivity contribution in [2.75, 3.05) is 28.6 Å². The fraction of sp³-hybridized carbons (Fsp3) is 0.286. The number of aromatic amines is 1. The number of halogens is 3. The molecule has 39 heavy (non-hydrogen) atoms. The van der Waals surface area contributed by atoms with Crippen LogP contribution < -0.4 is 15.5 Å². The van der Waals surface area contributed by atoms with Crippen molar-refractivity contribution in [2.45, 2.75) is 32.4 Å². The molecule has 0 saturated heterocycles. The topological polar surface area (TPSA) is 98.8 Å². The summed E-state index contributed by atoms with van der Waals surface area (Å²) in [6.07, 6.45) is -3.27. The third-order valence-electron chi connectivity index (χ3n) is 6.57. The second-order valence-corrected chi connectivity index (χ2v) is 9.73. The maximum atomic E-state index is 13.2. The lowest BCUT2D eigenvalue weighted by Gasteiger charge is -2.28. The molecule has 2 amide bonds. The minimum Gasteiger partial charge on any atom is -0.369 e. The van der Waals surface area contributed by atoms with Gasteiger partial charge in [0.2, 0.25) is 0 Å². The standard InChI is InChI=1S/C28H28F3N7O/c1-18-6-11-21(12-7-18)32-27(39)33-24-16-20(22-4-2-3-5-23(22)26-34-36-37-35-26)10-13-25(24)38(17-19-8-9-19)15-14-28(29,30)31/h2-7,10-13,16,19H,8-9,14-15,17H2,1H3,(H2,32,33,39)(H,34,35,36,37). The molecule has 0 radical (unpaired) electrons. The van der Waals surface area contributed by atoms with E-state index in [1.807, 2.05) is 49.4 Å². The van der Waals surface area contributed by atoms with Crippen molar-refractivity contribution in [2.24, 2.45) is 5.92 Å². The van der Waals surface area contributed by atoms with Crippen LogP contribution in [0.25, 0.3) is 22.5 Å². The SMILES string of the molecule is Cc1ccc(NC(=O)Nc2cc(-c3ccccc3-c3nnn[nH]3)ccc2N(CCC(F)(F)F)CC2CC2)cc1. The molecule has 1 heterocycles. The molecule has 0 bridgehead atoms. The largest absolute Gasteiger partial charge is 0.390 e. The summed E-state index contributed by atoms with van der Waals surface area (Å²) < 4.78 is 39.6. The van der Waals surface area contributed by atoms with Crippen molar-refractivity contribution >= 4 is 23.1 Å². The Hall–Kier alpha value is -4.41. The first-order valence-corrected chi connectivity index (χ1v) is 12.7. The maximum absolute atomic E-state index is 13.2. The number of carbonyl (C=O) groups is 1. The van der Waals surface area contributed by atoms with Gasteiger partial charge in [-0.25, -0.2) is 9.89 Å². The van der Waals surface area contributed by atoms with Crippen LogP contribution >= 0.6 is 0 Å². The molecule has 1 saturated carbocycles. The van der Waals surface area contributed by atoms with E-state index < -0.39 is 18.6 Å². The van der Waals surface area contributed by atoms with E-state index in [1.54, 1.807) is 29.2 Å². The van der Waals surface area contributed by atoms with Crippen molar-refractivity contribution in [1.29, 1.82) is 0 Å². The fourth-order valence-electron chi connectivity index (χ4n) is 4.40. The zero-order valence-corrected chi connectivity index (χ0v) is 21.3. The van der Waals surface area contributed by atoms with Crippen LogP contribution in [0.5, 0.6) is 0 Å². The number of urea groups is 1. The lowest BCUT2D eigenvalue weighted by Crippen LogP contribution is -2.31. The number of nitrogens with one attached hydrogen (secondary N) is 3. The first kappa shape index (κ1) is 26.2. The first-order chi connectivity index (χ1) is 18.7. The molecule has 0 atom stereocenters. The van der Waals surface area contributed by atoms with E-state index in [4.69, 9.17) is 0 Å². The van der Waals surface area contributed by atoms with Gasteiger partial charge in [-0.1, -0.05) is 48.0 Å². The van der Waals surface area contributed by atoms with E-state index in [0.29, 0.717) is 35.3 Å². The molecule has 1 fully saturated rings. The Morgan fingerprint density at radius 3 is 2.44 bits per heavy atom. The van der Waals surface area contributed by atoms with Gasteiger partial charge in [0, 0.05) is 24.3 Å². The number of tetrazole rings is 1. The van der Waals surface area contributed by atoms with E-state index in [9.17, 15) is 18.0 Å². The minimum absolute atomic E-state index is 0.200. The summed E-state index contributed by atoms with van der Waals surface area (Å²) >= 11 is 0. The van der Waals surface area contributed by atoms with E-state index in [0.717, 1.165) is 35.1 Å². The number of nitrogens with zero attached hydrogens (tertiary/aromatic N) is 4. The monoisotopic (exact) mass is 535 g/mol. The highest BCUT2D eigenvalue weighted by Gasteiger charge is 2.31. The molecule has 3 N–H and O–H groups in total. The number of rotatable bonds is 9. The fourth-order valence-corrected chi connectivity index (χ4v) is 4.40. The van der Waals surface area contributed by atoms with Gasteiger partial charge < -0.3 is 15.5 Å². The smallest absolute Gasteiger partial charge is 0.369 e. The Labute approximate surface area is 223 Å². The van der Waals surface area contributed by atoms with Crippen LogP contribution in [0.2, 0.25) is 0 Å². The van der Waals surface area contributed by atoms with Crippen molar-refractivity contribution in [3.8, 4) is 22.5 Å². The third-order valence-corrected chi connectivity index (χ3v) is 6.57. The number of hydrogen-bond acceptors (Lipinski definition) is 5. The molecule has 0 unspecified atom stereocenters. The van der Waals surface area contributed by atoms with Crippen LogP contribution in [0.3, 0.4) is 0 Å². The van der Waals surface area contributed by atoms with Crippen molar-refractivity contribution in [3.05, 3.63) is 72.3 Å². The van der Waals surface area contributed by atoms with Crippen LogP contribution in [0.15, 0.2) is 66.7 Å². The summed E-state index contributed by atoms with van der Waals surface area (Å²) in [5.74, 6) is 0.814. The highest BCUT2D eigenvalue weighted by atomic mass is 19.4. The van der Waals surface area contributed by atoms with Gasteiger partial charge >= 0.3 is 12.2 Å². The number of benzene rings is 3. The first-order valence-electron chi connectivity index (χ1n) is 12.7. The molecule has 11 heteroatoms. The van der Waals surface area contributed by atoms with Crippen molar-refractivity contribution in [1.82, 2.24) is 20.6 Å². The molecule has 3 aromatic carbocycles. The number of aromatic nitrogens is 4. The van der Waals surface area contributed by atoms with Gasteiger partial charge in [-0.05, 0) is 71.5 Å². The molecule has 202 valence electrons. The summed E-state index contributed by atoms with van der Waals surface area (Å²) in [5, 5.41) is 19.8. The van der Waals surface area contributed by atoms with Gasteiger partial charge in [-0.3, -0.25) is 0 Å². The highest BCUT2D eigenvalue weighted by molar-refractivity contribution is 6.02. The Morgan fingerprint density at radius 1 is 1.03 bits per heavy atom. The average Bonchev–Trinajstić information content (AvgIpc) is 3.56. The summed E-state index contributed by atoms with van der Waals surface area (Å²) in [6.45, 7) is 2.24. The highest BCUT2D eigenvalue weighted by Crippen LogP contribution is 2.38. The van der Waals surface area contributed by atoms with Gasteiger partial charge in [0.05, 0.1) is 17.8 Å². The Bertz CT molecular complexity index is 1420. The van der Waals surface area contributed by atoms with E-state index in [1.165, 1.54) is 0 Å². The third kappa shape index (κ3) is 6.92. The van der Waals surface area contributed by atoms with Gasteiger partial charge in [-0.15, -0.1) is 5.10 Å². The van der Waals surface area contributed by atoms with Crippen LogP contribution in [-0.2, 0) is 0 Å². The normalized spacial score (nSPS) is 13.2. The predicted molar refractivity (Wildman–Crippen MR) is 144 cm³/mol. The molecule has 5 rings (SSSR count). The summed E-state index contributed by atoms with van der Waals surface area (Å²) in [5.41, 5.74) is 4.89. The minimum atomic E-state index is -4.29. The molecular weight excluding hydrogens is 507 g/mol. The second-order valence-electron chi connectivity index (χ2n) is 9.73. The molecule has 0 spiro atoms. The second kappa shape index (κ2) is 11.1. The lowest BCUT2D eigenvalue weighted by molar-refractivity contribution is -0.132. The van der Waals surface area contributed by atoms with E-state index in [-0.39, 0.29) is 6.54 Å². The number of H-pyrrole nitrogens is 1. The number of alkyl halides is 3. The molecule has 1 aliphatic carbocycles. The summed E-state index contributed by atoms with van der Waals surface area (Å²) in [6, 6.07) is 19.7. The van der Waals surface area contributed by atoms with E-state index in [2.05, 4.69) is 31.3 Å². The van der Waals surface area contributed by atoms with Crippen molar-refractivity contribution in [3.63, 3.8) is 0 Å². The van der Waals surface area contributed by atoms with Crippen LogP contribution in [-0.4, -0.2) is 45.9 Å². The summed E-state index contributed by atoms with van der Waals surface area (Å²) in [4.78, 5) is 14.8. The predicted octanol–water partition coefficient (Wildman–Crippen LogP) is 6.65. The zero-order valence-electron chi connectivity index (χ0n) is 21.3. The average molecular weight is 536 g/mol. The summed E-state index contributed by atoms with van der Waals surface area (Å²) in [7, 11) is 0. The molecule has 4 aromatic rings. The van der Waals surface area contributed by atoms with Gasteiger partial charge in [-0.2, -0.15) is 13.2 Å². The molecular formula is C28H28F3N7O. The van der Waals surface area contributed by atoms with Crippen molar-refractivity contribution < 1.29 is 18.0 Å². The molecule has 1 aliphatic rings. The number of hydrogen-bond donors (Lipinski definition) is 3. The number of anilines is 3. The lowest BCUT2D eigenvalue weighted by atomic mass is 9.98. The van der Waals surface area contributed by atoms with Crippen LogP contribution in [0, 0.1) is 12.8 Å². The van der Waals surface area contributed by atoms with Gasteiger partial charge in [0.25, 0.3) is 0 Å². The Balaban J connectivity index is 1.51.